The summed E-state index contributed by atoms with van der Waals surface area (Å²) in [6.07, 6.45) is 2.36. The van der Waals surface area contributed by atoms with Gasteiger partial charge in [-0.3, -0.25) is 4.90 Å². The molecule has 1 atom stereocenters. The number of rotatable bonds is 6. The standard InChI is InChI=1S/C19H27N7O/c1-5-14-15(12-20)18(23-22-16(14)6-2)26-10-8-25(9-11-26)13(4)19-21-17(7-3)24-27-19/h13H,5-11H2,1-4H3. The average molecular weight is 369 g/mol. The van der Waals surface area contributed by atoms with Gasteiger partial charge in [-0.1, -0.05) is 25.9 Å². The number of hydrogen-bond donors (Lipinski definition) is 0. The molecule has 1 aliphatic heterocycles. The Hall–Kier alpha value is -2.53. The van der Waals surface area contributed by atoms with E-state index in [1.54, 1.807) is 0 Å². The van der Waals surface area contributed by atoms with Crippen molar-refractivity contribution >= 4 is 5.82 Å². The van der Waals surface area contributed by atoms with Crippen molar-refractivity contribution in [2.45, 2.75) is 53.0 Å². The molecule has 27 heavy (non-hydrogen) atoms. The summed E-state index contributed by atoms with van der Waals surface area (Å²) in [6, 6.07) is 2.44. The number of piperazine rings is 1. The van der Waals surface area contributed by atoms with E-state index in [0.29, 0.717) is 17.3 Å². The van der Waals surface area contributed by atoms with Crippen molar-refractivity contribution in [3.05, 3.63) is 28.5 Å². The molecule has 1 saturated heterocycles. The minimum absolute atomic E-state index is 0.0788. The van der Waals surface area contributed by atoms with E-state index < -0.39 is 0 Å². The van der Waals surface area contributed by atoms with Gasteiger partial charge in [-0.2, -0.15) is 15.3 Å². The highest BCUT2D eigenvalue weighted by atomic mass is 16.5. The van der Waals surface area contributed by atoms with Gasteiger partial charge in [-0.05, 0) is 25.3 Å². The molecule has 2 aromatic heterocycles. The Balaban J connectivity index is 1.73. The summed E-state index contributed by atoms with van der Waals surface area (Å²) in [7, 11) is 0. The van der Waals surface area contributed by atoms with Crippen LogP contribution in [0, 0.1) is 11.3 Å². The summed E-state index contributed by atoms with van der Waals surface area (Å²) in [5.74, 6) is 2.12. The van der Waals surface area contributed by atoms with E-state index in [0.717, 1.165) is 62.5 Å². The van der Waals surface area contributed by atoms with Crippen molar-refractivity contribution in [1.29, 1.82) is 5.26 Å². The van der Waals surface area contributed by atoms with E-state index in [2.05, 4.69) is 50.1 Å². The van der Waals surface area contributed by atoms with Crippen LogP contribution in [0.25, 0.3) is 0 Å². The summed E-state index contributed by atoms with van der Waals surface area (Å²) >= 11 is 0. The second-order valence-electron chi connectivity index (χ2n) is 6.74. The lowest BCUT2D eigenvalue weighted by molar-refractivity contribution is 0.164. The number of hydrogen-bond acceptors (Lipinski definition) is 8. The van der Waals surface area contributed by atoms with E-state index in [4.69, 9.17) is 4.52 Å². The second-order valence-corrected chi connectivity index (χ2v) is 6.74. The fourth-order valence-electron chi connectivity index (χ4n) is 3.56. The monoisotopic (exact) mass is 369 g/mol. The molecule has 0 bridgehead atoms. The average Bonchev–Trinajstić information content (AvgIpc) is 3.21. The number of anilines is 1. The molecular weight excluding hydrogens is 342 g/mol. The van der Waals surface area contributed by atoms with Crippen LogP contribution in [0.4, 0.5) is 5.82 Å². The van der Waals surface area contributed by atoms with Gasteiger partial charge in [-0.25, -0.2) is 0 Å². The van der Waals surface area contributed by atoms with Crippen LogP contribution in [0.3, 0.4) is 0 Å². The molecule has 0 amide bonds. The van der Waals surface area contributed by atoms with E-state index in [1.165, 1.54) is 0 Å². The molecule has 0 aromatic carbocycles. The zero-order valence-electron chi connectivity index (χ0n) is 16.6. The fourth-order valence-corrected chi connectivity index (χ4v) is 3.56. The van der Waals surface area contributed by atoms with Crippen LogP contribution in [0.15, 0.2) is 4.52 Å². The lowest BCUT2D eigenvalue weighted by atomic mass is 10.0. The first-order chi connectivity index (χ1) is 13.1. The molecule has 1 fully saturated rings. The van der Waals surface area contributed by atoms with Crippen molar-refractivity contribution in [3.8, 4) is 6.07 Å². The van der Waals surface area contributed by atoms with Crippen molar-refractivity contribution in [3.63, 3.8) is 0 Å². The molecule has 0 spiro atoms. The third kappa shape index (κ3) is 3.78. The van der Waals surface area contributed by atoms with E-state index in [1.807, 2.05) is 13.8 Å². The summed E-state index contributed by atoms with van der Waals surface area (Å²) in [5.41, 5.74) is 2.63. The molecule has 0 N–H and O–H groups in total. The molecule has 0 aliphatic carbocycles. The predicted molar refractivity (Wildman–Crippen MR) is 101 cm³/mol. The van der Waals surface area contributed by atoms with E-state index >= 15 is 0 Å². The van der Waals surface area contributed by atoms with E-state index in [9.17, 15) is 5.26 Å². The molecule has 0 saturated carbocycles. The predicted octanol–water partition coefficient (Wildman–Crippen LogP) is 2.30. The van der Waals surface area contributed by atoms with Crippen LogP contribution >= 0.6 is 0 Å². The summed E-state index contributed by atoms with van der Waals surface area (Å²) in [6.45, 7) is 11.5. The Morgan fingerprint density at radius 1 is 1.07 bits per heavy atom. The zero-order chi connectivity index (χ0) is 19.4. The van der Waals surface area contributed by atoms with Gasteiger partial charge >= 0.3 is 0 Å². The Morgan fingerprint density at radius 3 is 2.37 bits per heavy atom. The maximum atomic E-state index is 9.71. The number of aromatic nitrogens is 4. The first-order valence-corrected chi connectivity index (χ1v) is 9.72. The van der Waals surface area contributed by atoms with Crippen LogP contribution in [0.1, 0.15) is 62.3 Å². The van der Waals surface area contributed by atoms with Crippen LogP contribution in [0.2, 0.25) is 0 Å². The maximum absolute atomic E-state index is 9.71. The SMILES string of the molecule is CCc1noc(C(C)N2CCN(c3nnc(CC)c(CC)c3C#N)CC2)n1. The lowest BCUT2D eigenvalue weighted by Gasteiger charge is -2.37. The fraction of sp³-hybridized carbons (Fsp3) is 0.632. The molecule has 8 heteroatoms. The summed E-state index contributed by atoms with van der Waals surface area (Å²) in [4.78, 5) is 8.94. The van der Waals surface area contributed by atoms with Gasteiger partial charge in [0.05, 0.1) is 11.7 Å². The largest absolute Gasteiger partial charge is 0.351 e. The molecule has 1 unspecified atom stereocenters. The van der Waals surface area contributed by atoms with E-state index in [-0.39, 0.29) is 6.04 Å². The molecule has 3 heterocycles. The van der Waals surface area contributed by atoms with Gasteiger partial charge in [0.1, 0.15) is 11.6 Å². The molecule has 144 valence electrons. The van der Waals surface area contributed by atoms with Gasteiger partial charge in [-0.15, -0.1) is 5.10 Å². The molecule has 8 nitrogen and oxygen atoms in total. The summed E-state index contributed by atoms with van der Waals surface area (Å²) < 4.78 is 5.39. The number of nitrogens with zero attached hydrogens (tertiary/aromatic N) is 7. The third-order valence-electron chi connectivity index (χ3n) is 5.26. The Labute approximate surface area is 160 Å². The molecule has 3 rings (SSSR count). The van der Waals surface area contributed by atoms with Gasteiger partial charge in [0.15, 0.2) is 11.6 Å². The highest BCUT2D eigenvalue weighted by Crippen LogP contribution is 2.26. The van der Waals surface area contributed by atoms with Crippen LogP contribution in [-0.2, 0) is 19.3 Å². The third-order valence-corrected chi connectivity index (χ3v) is 5.26. The minimum atomic E-state index is 0.0788. The highest BCUT2D eigenvalue weighted by Gasteiger charge is 2.28. The summed E-state index contributed by atoms with van der Waals surface area (Å²) in [5, 5.41) is 22.5. The highest BCUT2D eigenvalue weighted by molar-refractivity contribution is 5.58. The first kappa shape index (κ1) is 19.2. The molecule has 0 radical (unpaired) electrons. The van der Waals surface area contributed by atoms with Gasteiger partial charge in [0, 0.05) is 32.6 Å². The molecule has 2 aromatic rings. The minimum Gasteiger partial charge on any atom is -0.351 e. The maximum Gasteiger partial charge on any atom is 0.243 e. The second kappa shape index (κ2) is 8.44. The Kier molecular flexibility index (Phi) is 6.01. The first-order valence-electron chi connectivity index (χ1n) is 9.72. The topological polar surface area (TPSA) is 95.0 Å². The molecule has 1 aliphatic rings. The Morgan fingerprint density at radius 2 is 1.81 bits per heavy atom. The van der Waals surface area contributed by atoms with Gasteiger partial charge < -0.3 is 9.42 Å². The zero-order valence-corrected chi connectivity index (χ0v) is 16.6. The van der Waals surface area contributed by atoms with Gasteiger partial charge in [0.25, 0.3) is 0 Å². The van der Waals surface area contributed by atoms with Gasteiger partial charge in [0.2, 0.25) is 5.89 Å². The quantitative estimate of drug-likeness (QED) is 0.765. The molecular formula is C19H27N7O. The lowest BCUT2D eigenvalue weighted by Crippen LogP contribution is -2.48. The van der Waals surface area contributed by atoms with Crippen molar-refractivity contribution in [1.82, 2.24) is 25.2 Å². The van der Waals surface area contributed by atoms with Crippen LogP contribution in [-0.4, -0.2) is 51.4 Å². The Bertz CT molecular complexity index is 818. The number of nitriles is 1. The normalized spacial score (nSPS) is 16.3. The van der Waals surface area contributed by atoms with Crippen molar-refractivity contribution in [2.24, 2.45) is 0 Å². The number of aryl methyl sites for hydroxylation is 2. The smallest absolute Gasteiger partial charge is 0.243 e. The van der Waals surface area contributed by atoms with Crippen LogP contribution in [0.5, 0.6) is 0 Å². The van der Waals surface area contributed by atoms with Crippen molar-refractivity contribution in [2.75, 3.05) is 31.1 Å². The van der Waals surface area contributed by atoms with Crippen molar-refractivity contribution < 1.29 is 4.52 Å². The van der Waals surface area contributed by atoms with Crippen LogP contribution < -0.4 is 4.90 Å².